The second-order valence-corrected chi connectivity index (χ2v) is 6.56. The van der Waals surface area contributed by atoms with Gasteiger partial charge in [-0.1, -0.05) is 0 Å². The molecule has 0 saturated carbocycles. The molecule has 0 aromatic carbocycles. The minimum Gasteiger partial charge on any atom is -0.363 e. The first-order chi connectivity index (χ1) is 11.7. The highest BCUT2D eigenvalue weighted by Crippen LogP contribution is 2.28. The molecule has 0 spiro atoms. The molecule has 0 atom stereocenters. The van der Waals surface area contributed by atoms with E-state index in [2.05, 4.69) is 29.7 Å². The fourth-order valence-electron chi connectivity index (χ4n) is 3.47. The molecule has 24 heavy (non-hydrogen) atoms. The third kappa shape index (κ3) is 2.74. The van der Waals surface area contributed by atoms with Crippen molar-refractivity contribution in [3.63, 3.8) is 0 Å². The number of aromatic nitrogens is 4. The summed E-state index contributed by atoms with van der Waals surface area (Å²) < 4.78 is 0. The average molecular weight is 325 g/mol. The Bertz CT molecular complexity index is 723. The molecule has 1 aliphatic carbocycles. The van der Waals surface area contributed by atoms with Gasteiger partial charge in [0, 0.05) is 57.7 Å². The molecular formula is C17H23N7. The molecule has 0 N–H and O–H groups in total. The average Bonchev–Trinajstić information content (AvgIpc) is 3.11. The normalized spacial score (nSPS) is 17.1. The van der Waals surface area contributed by atoms with Crippen LogP contribution in [0.15, 0.2) is 18.6 Å². The molecule has 0 bridgehead atoms. The van der Waals surface area contributed by atoms with Gasteiger partial charge in [0.25, 0.3) is 0 Å². The topological polar surface area (TPSA) is 61.3 Å². The van der Waals surface area contributed by atoms with Crippen molar-refractivity contribution in [2.45, 2.75) is 19.3 Å². The number of hydrogen-bond acceptors (Lipinski definition) is 7. The highest BCUT2D eigenvalue weighted by atomic mass is 15.3. The van der Waals surface area contributed by atoms with Gasteiger partial charge in [-0.2, -0.15) is 4.98 Å². The van der Waals surface area contributed by atoms with Gasteiger partial charge in [-0.15, -0.1) is 0 Å². The van der Waals surface area contributed by atoms with Gasteiger partial charge in [-0.3, -0.25) is 0 Å². The first-order valence-electron chi connectivity index (χ1n) is 8.55. The minimum atomic E-state index is 0.814. The van der Waals surface area contributed by atoms with Crippen LogP contribution in [0.2, 0.25) is 0 Å². The largest absolute Gasteiger partial charge is 0.363 e. The molecule has 1 aliphatic heterocycles. The van der Waals surface area contributed by atoms with Gasteiger partial charge < -0.3 is 14.7 Å². The number of nitrogens with zero attached hydrogens (tertiary/aromatic N) is 7. The third-order valence-corrected chi connectivity index (χ3v) is 4.80. The van der Waals surface area contributed by atoms with Crippen molar-refractivity contribution >= 4 is 17.6 Å². The summed E-state index contributed by atoms with van der Waals surface area (Å²) in [6.45, 7) is 3.71. The predicted octanol–water partition coefficient (Wildman–Crippen LogP) is 1.15. The van der Waals surface area contributed by atoms with Crippen molar-refractivity contribution in [2.24, 2.45) is 0 Å². The van der Waals surface area contributed by atoms with Gasteiger partial charge in [0.05, 0.1) is 0 Å². The Balaban J connectivity index is 1.48. The van der Waals surface area contributed by atoms with E-state index >= 15 is 0 Å². The fraction of sp³-hybridized carbons (Fsp3) is 0.529. The van der Waals surface area contributed by atoms with Crippen molar-refractivity contribution < 1.29 is 0 Å². The monoisotopic (exact) mass is 325 g/mol. The van der Waals surface area contributed by atoms with Crippen LogP contribution in [0, 0.1) is 0 Å². The van der Waals surface area contributed by atoms with E-state index in [4.69, 9.17) is 0 Å². The zero-order valence-corrected chi connectivity index (χ0v) is 14.3. The first-order valence-corrected chi connectivity index (χ1v) is 8.55. The molecular weight excluding hydrogens is 302 g/mol. The number of fused-ring (bicyclic) bond motifs is 1. The number of rotatable bonds is 3. The SMILES string of the molecule is CN(C)c1ccnc(N2CCN(c3ncnc4c3CCC4)CC2)n1. The Hall–Kier alpha value is -2.44. The van der Waals surface area contributed by atoms with Crippen molar-refractivity contribution in [2.75, 3.05) is 55.0 Å². The lowest BCUT2D eigenvalue weighted by Crippen LogP contribution is -2.47. The minimum absolute atomic E-state index is 0.814. The summed E-state index contributed by atoms with van der Waals surface area (Å²) in [4.78, 5) is 24.7. The molecule has 2 aromatic rings. The van der Waals surface area contributed by atoms with Crippen LogP contribution in [0.5, 0.6) is 0 Å². The van der Waals surface area contributed by atoms with E-state index in [1.54, 1.807) is 6.33 Å². The van der Waals surface area contributed by atoms with Crippen LogP contribution in [0.25, 0.3) is 0 Å². The number of hydrogen-bond donors (Lipinski definition) is 0. The Labute approximate surface area is 142 Å². The summed E-state index contributed by atoms with van der Waals surface area (Å²) in [5.74, 6) is 2.89. The molecule has 2 aliphatic rings. The van der Waals surface area contributed by atoms with Gasteiger partial charge in [0.1, 0.15) is 18.0 Å². The molecule has 0 amide bonds. The number of piperazine rings is 1. The fourth-order valence-corrected chi connectivity index (χ4v) is 3.47. The van der Waals surface area contributed by atoms with Gasteiger partial charge in [-0.05, 0) is 25.3 Å². The Morgan fingerprint density at radius 1 is 0.958 bits per heavy atom. The van der Waals surface area contributed by atoms with E-state index in [-0.39, 0.29) is 0 Å². The van der Waals surface area contributed by atoms with Crippen LogP contribution in [0.1, 0.15) is 17.7 Å². The third-order valence-electron chi connectivity index (χ3n) is 4.80. The molecule has 7 nitrogen and oxygen atoms in total. The molecule has 4 rings (SSSR count). The molecule has 1 fully saturated rings. The van der Waals surface area contributed by atoms with Crippen LogP contribution in [-0.2, 0) is 12.8 Å². The summed E-state index contributed by atoms with van der Waals surface area (Å²) in [5, 5.41) is 0. The summed E-state index contributed by atoms with van der Waals surface area (Å²) in [5.41, 5.74) is 2.60. The molecule has 3 heterocycles. The van der Waals surface area contributed by atoms with Gasteiger partial charge in [-0.25, -0.2) is 15.0 Å². The van der Waals surface area contributed by atoms with Crippen molar-refractivity contribution in [3.05, 3.63) is 29.8 Å². The quantitative estimate of drug-likeness (QED) is 0.839. The maximum absolute atomic E-state index is 4.65. The summed E-state index contributed by atoms with van der Waals surface area (Å²) >= 11 is 0. The maximum atomic E-state index is 4.65. The van der Waals surface area contributed by atoms with Gasteiger partial charge in [0.15, 0.2) is 0 Å². The van der Waals surface area contributed by atoms with Crippen LogP contribution < -0.4 is 14.7 Å². The van der Waals surface area contributed by atoms with E-state index in [1.165, 1.54) is 17.7 Å². The zero-order chi connectivity index (χ0) is 16.5. The van der Waals surface area contributed by atoms with E-state index in [0.717, 1.165) is 56.6 Å². The molecule has 2 aromatic heterocycles. The molecule has 0 radical (unpaired) electrons. The second kappa shape index (κ2) is 6.22. The van der Waals surface area contributed by atoms with Gasteiger partial charge >= 0.3 is 0 Å². The Morgan fingerprint density at radius 3 is 2.54 bits per heavy atom. The Morgan fingerprint density at radius 2 is 1.75 bits per heavy atom. The van der Waals surface area contributed by atoms with Crippen molar-refractivity contribution in [3.8, 4) is 0 Å². The molecule has 1 saturated heterocycles. The Kier molecular flexibility index (Phi) is 3.92. The van der Waals surface area contributed by atoms with E-state index in [0.29, 0.717) is 0 Å². The summed E-state index contributed by atoms with van der Waals surface area (Å²) in [7, 11) is 4.00. The lowest BCUT2D eigenvalue weighted by Gasteiger charge is -2.36. The van der Waals surface area contributed by atoms with Crippen LogP contribution in [0.4, 0.5) is 17.6 Å². The van der Waals surface area contributed by atoms with Crippen LogP contribution in [0.3, 0.4) is 0 Å². The lowest BCUT2D eigenvalue weighted by molar-refractivity contribution is 0.631. The van der Waals surface area contributed by atoms with Crippen molar-refractivity contribution in [1.29, 1.82) is 0 Å². The highest BCUT2D eigenvalue weighted by molar-refractivity contribution is 5.52. The highest BCUT2D eigenvalue weighted by Gasteiger charge is 2.25. The summed E-state index contributed by atoms with van der Waals surface area (Å²) in [6, 6.07) is 1.93. The van der Waals surface area contributed by atoms with E-state index < -0.39 is 0 Å². The van der Waals surface area contributed by atoms with Gasteiger partial charge in [0.2, 0.25) is 5.95 Å². The van der Waals surface area contributed by atoms with Crippen molar-refractivity contribution in [1.82, 2.24) is 19.9 Å². The molecule has 126 valence electrons. The van der Waals surface area contributed by atoms with Crippen LogP contribution in [-0.4, -0.2) is 60.2 Å². The summed E-state index contributed by atoms with van der Waals surface area (Å²) in [6.07, 6.45) is 6.96. The predicted molar refractivity (Wildman–Crippen MR) is 94.8 cm³/mol. The number of anilines is 3. The lowest BCUT2D eigenvalue weighted by atomic mass is 10.2. The standard InChI is InChI=1S/C17H23N7/c1-22(2)15-6-7-18-17(21-15)24-10-8-23(9-11-24)16-13-4-3-5-14(13)19-12-20-16/h6-7,12H,3-5,8-11H2,1-2H3. The number of aryl methyl sites for hydroxylation is 1. The van der Waals surface area contributed by atoms with Crippen LogP contribution >= 0.6 is 0 Å². The molecule has 7 heteroatoms. The first kappa shape index (κ1) is 15.1. The van der Waals surface area contributed by atoms with E-state index in [1.807, 2.05) is 31.3 Å². The second-order valence-electron chi connectivity index (χ2n) is 6.56. The smallest absolute Gasteiger partial charge is 0.227 e. The zero-order valence-electron chi connectivity index (χ0n) is 14.3. The van der Waals surface area contributed by atoms with E-state index in [9.17, 15) is 0 Å². The maximum Gasteiger partial charge on any atom is 0.227 e. The molecule has 0 unspecified atom stereocenters.